The first-order chi connectivity index (χ1) is 22.4. The van der Waals surface area contributed by atoms with Crippen molar-refractivity contribution in [3.63, 3.8) is 0 Å². The van der Waals surface area contributed by atoms with E-state index in [0.29, 0.717) is 46.0 Å². The van der Waals surface area contributed by atoms with Crippen LogP contribution in [0.25, 0.3) is 6.08 Å². The minimum atomic E-state index is -0.560. The van der Waals surface area contributed by atoms with Gasteiger partial charge < -0.3 is 37.9 Å². The minimum Gasteiger partial charge on any atom is -0.496 e. The van der Waals surface area contributed by atoms with Crippen molar-refractivity contribution in [2.75, 3.05) is 42.7 Å². The number of allylic oxidation sites excluding steroid dienone is 1. The summed E-state index contributed by atoms with van der Waals surface area (Å²) in [6.45, 7) is 4.15. The molecule has 2 aliphatic heterocycles. The highest BCUT2D eigenvalue weighted by Crippen LogP contribution is 2.65. The third-order valence-electron chi connectivity index (χ3n) is 8.89. The molecule has 4 aromatic carbocycles. The lowest BCUT2D eigenvalue weighted by molar-refractivity contribution is -0.0138. The van der Waals surface area contributed by atoms with Crippen molar-refractivity contribution in [3.05, 3.63) is 100 Å². The van der Waals surface area contributed by atoms with Crippen LogP contribution >= 0.6 is 0 Å². The Labute approximate surface area is 270 Å². The zero-order valence-corrected chi connectivity index (χ0v) is 27.5. The van der Waals surface area contributed by atoms with Crippen LogP contribution in [0.4, 0.5) is 0 Å². The minimum absolute atomic E-state index is 0.262. The van der Waals surface area contributed by atoms with Gasteiger partial charge in [0, 0.05) is 23.6 Å². The third-order valence-corrected chi connectivity index (χ3v) is 8.89. The second-order valence-corrected chi connectivity index (χ2v) is 11.5. The Morgan fingerprint density at radius 1 is 0.543 bits per heavy atom. The van der Waals surface area contributed by atoms with E-state index in [9.17, 15) is 0 Å². The predicted molar refractivity (Wildman–Crippen MR) is 177 cm³/mol. The van der Waals surface area contributed by atoms with E-state index in [1.165, 1.54) is 5.56 Å². The smallest absolute Gasteiger partial charge is 0.204 e. The van der Waals surface area contributed by atoms with E-state index >= 15 is 0 Å². The van der Waals surface area contributed by atoms with Gasteiger partial charge in [-0.2, -0.15) is 0 Å². The highest BCUT2D eigenvalue weighted by atomic mass is 16.6. The molecule has 0 aromatic heterocycles. The van der Waals surface area contributed by atoms with Gasteiger partial charge in [-0.25, -0.2) is 0 Å². The maximum atomic E-state index is 7.08. The molecule has 2 heterocycles. The maximum Gasteiger partial charge on any atom is 0.204 e. The average molecular weight is 625 g/mol. The molecule has 0 aliphatic carbocycles. The number of benzene rings is 4. The van der Waals surface area contributed by atoms with Gasteiger partial charge in [0.2, 0.25) is 11.5 Å². The summed E-state index contributed by atoms with van der Waals surface area (Å²) < 4.78 is 49.4. The zero-order chi connectivity index (χ0) is 32.5. The van der Waals surface area contributed by atoms with Crippen molar-refractivity contribution in [3.8, 4) is 46.0 Å². The summed E-state index contributed by atoms with van der Waals surface area (Å²) in [5.41, 5.74) is 5.97. The van der Waals surface area contributed by atoms with Crippen LogP contribution in [-0.2, 0) is 0 Å². The number of methoxy groups -OCH3 is 6. The Morgan fingerprint density at radius 2 is 1.02 bits per heavy atom. The van der Waals surface area contributed by atoms with E-state index < -0.39 is 12.2 Å². The third kappa shape index (κ3) is 5.21. The molecule has 0 fully saturated rings. The first kappa shape index (κ1) is 31.0. The summed E-state index contributed by atoms with van der Waals surface area (Å²) in [7, 11) is 9.68. The molecule has 0 bridgehead atoms. The fourth-order valence-electron chi connectivity index (χ4n) is 6.62. The summed E-state index contributed by atoms with van der Waals surface area (Å²) in [6, 6.07) is 20.5. The largest absolute Gasteiger partial charge is 0.496 e. The number of rotatable bonds is 9. The number of hydrogen-bond donors (Lipinski definition) is 0. The van der Waals surface area contributed by atoms with Crippen LogP contribution < -0.4 is 37.9 Å². The molecule has 0 unspecified atom stereocenters. The highest BCUT2D eigenvalue weighted by molar-refractivity contribution is 5.69. The fraction of sp³-hybridized carbons (Fsp3) is 0.316. The lowest BCUT2D eigenvalue weighted by atomic mass is 9.70. The molecule has 8 heteroatoms. The van der Waals surface area contributed by atoms with Crippen molar-refractivity contribution < 1.29 is 37.9 Å². The van der Waals surface area contributed by atoms with Crippen LogP contribution in [0.5, 0.6) is 46.0 Å². The Hall–Kier alpha value is -4.98. The molecule has 2 aliphatic rings. The number of fused-ring (bicyclic) bond motifs is 4. The Morgan fingerprint density at radius 3 is 1.54 bits per heavy atom. The second-order valence-electron chi connectivity index (χ2n) is 11.5. The lowest BCUT2D eigenvalue weighted by Gasteiger charge is -2.47. The summed E-state index contributed by atoms with van der Waals surface area (Å²) in [4.78, 5) is 0. The molecular weight excluding hydrogens is 584 g/mol. The van der Waals surface area contributed by atoms with Crippen LogP contribution in [-0.4, -0.2) is 42.7 Å². The summed E-state index contributed by atoms with van der Waals surface area (Å²) in [5.74, 6) is 3.61. The Bertz CT molecular complexity index is 1740. The van der Waals surface area contributed by atoms with E-state index in [1.54, 1.807) is 42.7 Å². The van der Waals surface area contributed by atoms with Crippen molar-refractivity contribution in [2.45, 2.75) is 32.0 Å². The van der Waals surface area contributed by atoms with Crippen LogP contribution in [0.3, 0.4) is 0 Å². The number of aryl methyl sites for hydroxylation is 2. The molecule has 0 amide bonds. The van der Waals surface area contributed by atoms with E-state index in [-0.39, 0.29) is 11.8 Å². The standard InChI is InChI=1S/C38H40O8/c1-21-9-13-23(14-10-21)15-18-25-30-26(39-3)19-28(41-5)34(43-7)37(30)46-36-31(25)33(24-16-11-22(2)12-17-24)45-38-32(36)27(40-4)20-29(42-6)35(38)44-8/h9-20,25,31,33,36H,1-8H3/b18-15+/t25-,31-,33-,36-/m1/s1. The van der Waals surface area contributed by atoms with E-state index in [1.807, 2.05) is 12.1 Å². The van der Waals surface area contributed by atoms with E-state index in [2.05, 4.69) is 74.5 Å². The zero-order valence-electron chi connectivity index (χ0n) is 27.5. The molecule has 0 saturated heterocycles. The monoisotopic (exact) mass is 624 g/mol. The Balaban J connectivity index is 1.68. The summed E-state index contributed by atoms with van der Waals surface area (Å²) in [6.07, 6.45) is 3.33. The molecule has 0 spiro atoms. The molecule has 6 rings (SSSR count). The molecule has 0 radical (unpaired) electrons. The van der Waals surface area contributed by atoms with Gasteiger partial charge >= 0.3 is 0 Å². The van der Waals surface area contributed by atoms with Gasteiger partial charge in [0.05, 0.1) is 54.1 Å². The second kappa shape index (κ2) is 12.8. The number of ether oxygens (including phenoxy) is 8. The molecule has 0 saturated carbocycles. The van der Waals surface area contributed by atoms with Crippen LogP contribution in [0.2, 0.25) is 0 Å². The van der Waals surface area contributed by atoms with Gasteiger partial charge in [0.15, 0.2) is 23.0 Å². The van der Waals surface area contributed by atoms with Gasteiger partial charge in [0.25, 0.3) is 0 Å². The van der Waals surface area contributed by atoms with Crippen LogP contribution in [0, 0.1) is 19.8 Å². The molecule has 240 valence electrons. The van der Waals surface area contributed by atoms with Crippen LogP contribution in [0.1, 0.15) is 51.5 Å². The number of hydrogen-bond acceptors (Lipinski definition) is 8. The van der Waals surface area contributed by atoms with Gasteiger partial charge in [-0.1, -0.05) is 71.8 Å². The topological polar surface area (TPSA) is 73.8 Å². The SMILES string of the molecule is COc1cc(OC)c2c(c1OC)O[C@H]1c3c(OC)cc(OC)c(OC)c3O[C@H](c3ccc(C)cc3)[C@H]1[C@@H]2/C=C/c1ccc(C)cc1. The van der Waals surface area contributed by atoms with Gasteiger partial charge in [-0.05, 0) is 25.0 Å². The molecule has 4 atom stereocenters. The average Bonchev–Trinajstić information content (AvgIpc) is 3.09. The molecular formula is C38H40O8. The van der Waals surface area contributed by atoms with Crippen molar-refractivity contribution in [1.29, 1.82) is 0 Å². The highest BCUT2D eigenvalue weighted by Gasteiger charge is 2.53. The summed E-state index contributed by atoms with van der Waals surface area (Å²) in [5, 5.41) is 0. The van der Waals surface area contributed by atoms with Gasteiger partial charge in [-0.15, -0.1) is 0 Å². The van der Waals surface area contributed by atoms with E-state index in [0.717, 1.165) is 27.8 Å². The maximum absolute atomic E-state index is 7.08. The van der Waals surface area contributed by atoms with Crippen molar-refractivity contribution in [2.24, 2.45) is 5.92 Å². The first-order valence-corrected chi connectivity index (χ1v) is 15.2. The molecule has 4 aromatic rings. The fourth-order valence-corrected chi connectivity index (χ4v) is 6.62. The van der Waals surface area contributed by atoms with Gasteiger partial charge in [0.1, 0.15) is 23.7 Å². The Kier molecular flexibility index (Phi) is 8.63. The normalized spacial score (nSPS) is 19.6. The predicted octanol–water partition coefficient (Wildman–Crippen LogP) is 8.04. The first-order valence-electron chi connectivity index (χ1n) is 15.2. The van der Waals surface area contributed by atoms with Crippen LogP contribution in [0.15, 0.2) is 66.7 Å². The van der Waals surface area contributed by atoms with E-state index in [4.69, 9.17) is 37.9 Å². The molecule has 46 heavy (non-hydrogen) atoms. The summed E-state index contributed by atoms with van der Waals surface area (Å²) >= 11 is 0. The quantitative estimate of drug-likeness (QED) is 0.185. The lowest BCUT2D eigenvalue weighted by Crippen LogP contribution is -2.39. The van der Waals surface area contributed by atoms with Crippen molar-refractivity contribution in [1.82, 2.24) is 0 Å². The van der Waals surface area contributed by atoms with Crippen molar-refractivity contribution >= 4 is 6.08 Å². The van der Waals surface area contributed by atoms with Gasteiger partial charge in [-0.3, -0.25) is 0 Å². The molecule has 0 N–H and O–H groups in total. The molecule has 8 nitrogen and oxygen atoms in total.